The van der Waals surface area contributed by atoms with Gasteiger partial charge in [-0.05, 0) is 113 Å². The summed E-state index contributed by atoms with van der Waals surface area (Å²) in [5.74, 6) is -7.58. The molecule has 1 aromatic heterocycles. The first kappa shape index (κ1) is 73.1. The van der Waals surface area contributed by atoms with Gasteiger partial charge in [0.15, 0.2) is 0 Å². The Labute approximate surface area is 536 Å². The molecule has 3 aliphatic heterocycles. The number of alkyl halides is 2. The van der Waals surface area contributed by atoms with Crippen molar-refractivity contribution in [3.8, 4) is 11.8 Å². The first-order chi connectivity index (χ1) is 44.1. The Balaban J connectivity index is 0.908. The van der Waals surface area contributed by atoms with Crippen molar-refractivity contribution in [2.75, 3.05) is 124 Å². The maximum Gasteiger partial charge on any atom is 0.317 e. The zero-order valence-electron chi connectivity index (χ0n) is 52.9. The van der Waals surface area contributed by atoms with Crippen LogP contribution in [0.5, 0.6) is 5.75 Å². The molecule has 0 bridgehead atoms. The van der Waals surface area contributed by atoms with Crippen molar-refractivity contribution in [2.24, 2.45) is 5.92 Å². The normalized spacial score (nSPS) is 17.6. The number of nitrogens with one attached hydrogen (secondary N) is 4. The quantitative estimate of drug-likeness (QED) is 0.0419. The van der Waals surface area contributed by atoms with Gasteiger partial charge in [0.05, 0.1) is 63.0 Å². The molecule has 0 spiro atoms. The number of carboxylic acids is 3. The zero-order valence-corrected chi connectivity index (χ0v) is 52.9. The third kappa shape index (κ3) is 26.4. The van der Waals surface area contributed by atoms with E-state index >= 15 is 0 Å². The van der Waals surface area contributed by atoms with Crippen LogP contribution in [-0.2, 0) is 44.8 Å². The van der Waals surface area contributed by atoms with Crippen molar-refractivity contribution >= 4 is 64.3 Å². The van der Waals surface area contributed by atoms with E-state index in [0.717, 1.165) is 49.0 Å². The van der Waals surface area contributed by atoms with Gasteiger partial charge in [0.1, 0.15) is 17.8 Å². The van der Waals surface area contributed by atoms with E-state index in [4.69, 9.17) is 4.74 Å². The van der Waals surface area contributed by atoms with Gasteiger partial charge in [0.2, 0.25) is 29.5 Å². The van der Waals surface area contributed by atoms with Gasteiger partial charge in [-0.3, -0.25) is 67.7 Å². The number of aliphatic carboxylic acids is 3. The predicted octanol–water partition coefficient (Wildman–Crippen LogP) is 3.77. The number of fused-ring (bicyclic) bond motifs is 1. The van der Waals surface area contributed by atoms with Gasteiger partial charge in [-0.2, -0.15) is 5.26 Å². The number of likely N-dealkylation sites (tertiary alicyclic amines) is 2. The molecule has 3 aromatic rings. The minimum absolute atomic E-state index is 0.0670. The third-order valence-corrected chi connectivity index (χ3v) is 17.0. The molecule has 4 heterocycles. The van der Waals surface area contributed by atoms with Crippen LogP contribution < -0.4 is 26.0 Å². The highest BCUT2D eigenvalue weighted by Gasteiger charge is 2.47. The van der Waals surface area contributed by atoms with Crippen LogP contribution >= 0.6 is 0 Å². The Bertz CT molecular complexity index is 2950. The van der Waals surface area contributed by atoms with E-state index < -0.39 is 73.1 Å². The fraction of sp³-hybridized carbons (Fsp3) is 0.615. The smallest absolute Gasteiger partial charge is 0.317 e. The number of benzene rings is 2. The standard InChI is InChI=1S/C65H92F2N12O13/c1-47-15-17-48(18-16-47)11-9-13-56(80)70-24-7-4-12-55(73-57(81)42-74-29-31-75(43-60(84)85)33-35-77(45-62(88)89)36-34-76(32-30-74)44-61(86)87)64(91)71-25-6-2-3-14-58(82)78-27-22-49(23-28-78)10-5-8-37-92-51-19-20-54-53(38-51)52(21-26-69-54)63(90)72-41-59(83)79-46-65(66,67)39-50(79)40-68/h15-21,26,38,49-50,55H,2-14,22-25,27-37,39,41-46H2,1H3,(H,70,80)(H,71,91)(H,72,90)(H,73,81)(H,84,85)(H,86,87)(H,88,89)/t50-,55+/m1/s1. The number of carbonyl (C=O) groups is 9. The lowest BCUT2D eigenvalue weighted by Crippen LogP contribution is -2.52. The van der Waals surface area contributed by atoms with Gasteiger partial charge in [0.25, 0.3) is 11.8 Å². The maximum atomic E-state index is 13.9. The Morgan fingerprint density at radius 1 is 0.674 bits per heavy atom. The molecule has 0 unspecified atom stereocenters. The summed E-state index contributed by atoms with van der Waals surface area (Å²) in [6.07, 6.45) is 10.7. The number of nitriles is 1. The largest absolute Gasteiger partial charge is 0.494 e. The van der Waals surface area contributed by atoms with Crippen molar-refractivity contribution in [2.45, 2.75) is 128 Å². The van der Waals surface area contributed by atoms with Crippen molar-refractivity contribution in [1.29, 1.82) is 5.26 Å². The number of unbranched alkanes of at least 4 members (excludes halogenated alkanes) is 4. The number of aryl methyl sites for hydroxylation is 2. The predicted molar refractivity (Wildman–Crippen MR) is 336 cm³/mol. The molecule has 6 amide bonds. The summed E-state index contributed by atoms with van der Waals surface area (Å²) in [7, 11) is 0. The van der Waals surface area contributed by atoms with Crippen LogP contribution in [0.25, 0.3) is 10.9 Å². The highest BCUT2D eigenvalue weighted by atomic mass is 19.3. The van der Waals surface area contributed by atoms with Gasteiger partial charge in [0, 0.05) is 109 Å². The number of hydrogen-bond donors (Lipinski definition) is 7. The van der Waals surface area contributed by atoms with Crippen LogP contribution in [0.15, 0.2) is 54.7 Å². The molecule has 6 rings (SSSR count). The van der Waals surface area contributed by atoms with Crippen LogP contribution in [0, 0.1) is 24.2 Å². The first-order valence-corrected chi connectivity index (χ1v) is 32.2. The summed E-state index contributed by atoms with van der Waals surface area (Å²) in [6, 6.07) is 14.4. The molecule has 27 heteroatoms. The number of nitrogens with zero attached hydrogens (tertiary/aromatic N) is 8. The molecule has 3 fully saturated rings. The second-order valence-electron chi connectivity index (χ2n) is 24.3. The van der Waals surface area contributed by atoms with Crippen LogP contribution in [0.4, 0.5) is 8.78 Å². The summed E-state index contributed by atoms with van der Waals surface area (Å²) < 4.78 is 33.9. The van der Waals surface area contributed by atoms with E-state index in [9.17, 15) is 72.5 Å². The monoisotopic (exact) mass is 1290 g/mol. The number of ether oxygens (including phenoxy) is 1. The lowest BCUT2D eigenvalue weighted by atomic mass is 9.91. The molecule has 504 valence electrons. The van der Waals surface area contributed by atoms with Gasteiger partial charge >= 0.3 is 17.9 Å². The molecule has 0 radical (unpaired) electrons. The topological polar surface area (TPSA) is 328 Å². The van der Waals surface area contributed by atoms with Gasteiger partial charge in [-0.25, -0.2) is 8.78 Å². The highest BCUT2D eigenvalue weighted by Crippen LogP contribution is 2.32. The summed E-state index contributed by atoms with van der Waals surface area (Å²) in [4.78, 5) is 129. The molecule has 3 saturated heterocycles. The summed E-state index contributed by atoms with van der Waals surface area (Å²) in [5, 5.41) is 49.9. The van der Waals surface area contributed by atoms with Crippen molar-refractivity contribution in [3.63, 3.8) is 0 Å². The average molecular weight is 1290 g/mol. The Kier molecular flexibility index (Phi) is 30.3. The lowest BCUT2D eigenvalue weighted by molar-refractivity contribution is -0.140. The molecule has 25 nitrogen and oxygen atoms in total. The Morgan fingerprint density at radius 2 is 1.28 bits per heavy atom. The molecule has 2 atom stereocenters. The van der Waals surface area contributed by atoms with Crippen LogP contribution in [-0.4, -0.2) is 245 Å². The van der Waals surface area contributed by atoms with Crippen molar-refractivity contribution in [3.05, 3.63) is 71.4 Å². The maximum absolute atomic E-state index is 13.9. The molecule has 0 aliphatic carbocycles. The first-order valence-electron chi connectivity index (χ1n) is 32.2. The third-order valence-electron chi connectivity index (χ3n) is 17.0. The van der Waals surface area contributed by atoms with Gasteiger partial charge in [-0.1, -0.05) is 42.7 Å². The molecule has 0 saturated carbocycles. The SMILES string of the molecule is Cc1ccc(CCCC(=O)NCCCC[C@H](NC(=O)CN2CCN(CC(=O)O)CCN(CC(=O)O)CCN(CC(=O)O)CC2)C(=O)NCCCCCC(=O)N2CCC(CCCCOc3ccc4nccc(C(=O)NCC(=O)N5CC(F)(F)C[C@@H]5C#N)c4c3)CC2)cc1. The Morgan fingerprint density at radius 3 is 1.90 bits per heavy atom. The van der Waals surface area contributed by atoms with Crippen LogP contribution in [0.1, 0.15) is 118 Å². The van der Waals surface area contributed by atoms with Crippen LogP contribution in [0.2, 0.25) is 0 Å². The zero-order chi connectivity index (χ0) is 66.4. The highest BCUT2D eigenvalue weighted by molar-refractivity contribution is 6.07. The fourth-order valence-corrected chi connectivity index (χ4v) is 11.7. The van der Waals surface area contributed by atoms with E-state index in [2.05, 4.69) is 38.4 Å². The fourth-order valence-electron chi connectivity index (χ4n) is 11.7. The molecule has 2 aromatic carbocycles. The Hall–Kier alpha value is -7.93. The van der Waals surface area contributed by atoms with Crippen molar-refractivity contribution < 1.29 is 72.0 Å². The van der Waals surface area contributed by atoms with E-state index in [0.29, 0.717) is 107 Å². The number of aromatic nitrogens is 1. The second-order valence-corrected chi connectivity index (χ2v) is 24.3. The number of amides is 6. The van der Waals surface area contributed by atoms with Crippen LogP contribution in [0.3, 0.4) is 0 Å². The molecular weight excluding hydrogens is 1190 g/mol. The van der Waals surface area contributed by atoms with E-state index in [-0.39, 0.29) is 108 Å². The molecule has 92 heavy (non-hydrogen) atoms. The average Bonchev–Trinajstić information content (AvgIpc) is 1.26. The molecule has 3 aliphatic rings. The number of carboxylic acid groups (broad SMARTS) is 3. The van der Waals surface area contributed by atoms with E-state index in [1.807, 2.05) is 24.0 Å². The number of pyridine rings is 1. The number of rotatable bonds is 34. The number of carbonyl (C=O) groups excluding carboxylic acids is 6. The number of halogens is 2. The minimum Gasteiger partial charge on any atom is -0.494 e. The summed E-state index contributed by atoms with van der Waals surface area (Å²) in [5.41, 5.74) is 3.08. The second kappa shape index (κ2) is 38.2. The summed E-state index contributed by atoms with van der Waals surface area (Å²) >= 11 is 0. The number of piperidine rings is 1. The van der Waals surface area contributed by atoms with E-state index in [1.54, 1.807) is 43.9 Å². The minimum atomic E-state index is -3.17. The van der Waals surface area contributed by atoms with Gasteiger partial charge < -0.3 is 51.1 Å². The number of hydrogen-bond acceptors (Lipinski definition) is 16. The van der Waals surface area contributed by atoms with E-state index in [1.165, 1.54) is 17.8 Å². The molecular formula is C65H92F2N12O13. The molecule has 7 N–H and O–H groups in total. The summed E-state index contributed by atoms with van der Waals surface area (Å²) in [6.45, 7) is 3.77. The van der Waals surface area contributed by atoms with Gasteiger partial charge in [-0.15, -0.1) is 0 Å². The van der Waals surface area contributed by atoms with Crippen molar-refractivity contribution in [1.82, 2.24) is 55.7 Å². The lowest BCUT2D eigenvalue weighted by Gasteiger charge is -2.33.